The van der Waals surface area contributed by atoms with E-state index in [4.69, 9.17) is 5.26 Å². The van der Waals surface area contributed by atoms with E-state index >= 15 is 0 Å². The maximum absolute atomic E-state index is 12.9. The number of hydrogen-bond donors (Lipinski definition) is 1. The molecule has 4 heteroatoms. The third-order valence-corrected chi connectivity index (χ3v) is 2.04. The van der Waals surface area contributed by atoms with Crippen molar-refractivity contribution in [3.8, 4) is 6.07 Å². The molecule has 0 saturated carbocycles. The average Bonchev–Trinajstić information content (AvgIpc) is 2.22. The summed E-state index contributed by atoms with van der Waals surface area (Å²) in [6, 6.07) is 5.94. The van der Waals surface area contributed by atoms with Gasteiger partial charge in [0.2, 0.25) is 5.91 Å². The van der Waals surface area contributed by atoms with E-state index in [0.29, 0.717) is 5.69 Å². The van der Waals surface area contributed by atoms with Gasteiger partial charge in [-0.05, 0) is 31.5 Å². The molecule has 1 aromatic rings. The zero-order chi connectivity index (χ0) is 11.4. The van der Waals surface area contributed by atoms with E-state index in [-0.39, 0.29) is 0 Å². The predicted octanol–water partition coefficient (Wildman–Crippen LogP) is 2.23. The number of hydrogen-bond acceptors (Lipinski definition) is 2. The molecule has 0 bridgehead atoms. The third-order valence-electron chi connectivity index (χ3n) is 2.04. The predicted molar refractivity (Wildman–Crippen MR) is 54.5 cm³/mol. The van der Waals surface area contributed by atoms with Crippen LogP contribution >= 0.6 is 0 Å². The molecule has 0 radical (unpaired) electrons. The van der Waals surface area contributed by atoms with E-state index < -0.39 is 17.6 Å². The van der Waals surface area contributed by atoms with Crippen LogP contribution in [0.5, 0.6) is 0 Å². The van der Waals surface area contributed by atoms with Crippen LogP contribution in [-0.2, 0) is 4.79 Å². The molecule has 1 amide bonds. The van der Waals surface area contributed by atoms with Crippen LogP contribution in [0, 0.1) is 30.0 Å². The number of amides is 1. The van der Waals surface area contributed by atoms with Crippen molar-refractivity contribution in [1.29, 1.82) is 5.26 Å². The first kappa shape index (κ1) is 11.2. The Morgan fingerprint density at radius 1 is 1.60 bits per heavy atom. The summed E-state index contributed by atoms with van der Waals surface area (Å²) in [4.78, 5) is 11.4. The molecule has 3 nitrogen and oxygen atoms in total. The Morgan fingerprint density at radius 3 is 2.87 bits per heavy atom. The molecule has 1 aromatic carbocycles. The lowest BCUT2D eigenvalue weighted by Crippen LogP contribution is -2.19. The second-order valence-electron chi connectivity index (χ2n) is 3.30. The molecule has 0 aromatic heterocycles. The van der Waals surface area contributed by atoms with Gasteiger partial charge in [-0.3, -0.25) is 4.79 Å². The summed E-state index contributed by atoms with van der Waals surface area (Å²) < 4.78 is 12.9. The summed E-state index contributed by atoms with van der Waals surface area (Å²) in [5.41, 5.74) is 1.16. The molecule has 1 rings (SSSR count). The standard InChI is InChI=1S/C11H11FN2O/c1-7-3-4-9(12)5-10(7)14-11(15)8(2)6-13/h3-5,8H,1-2H3,(H,14,15). The summed E-state index contributed by atoms with van der Waals surface area (Å²) in [6.45, 7) is 3.25. The number of nitrogens with one attached hydrogen (secondary N) is 1. The highest BCUT2D eigenvalue weighted by Crippen LogP contribution is 2.16. The van der Waals surface area contributed by atoms with E-state index in [9.17, 15) is 9.18 Å². The van der Waals surface area contributed by atoms with Crippen LogP contribution in [0.4, 0.5) is 10.1 Å². The molecule has 0 aliphatic carbocycles. The van der Waals surface area contributed by atoms with E-state index in [1.165, 1.54) is 19.1 Å². The molecule has 15 heavy (non-hydrogen) atoms. The number of halogens is 1. The SMILES string of the molecule is Cc1ccc(F)cc1NC(=O)C(C)C#N. The van der Waals surface area contributed by atoms with Crippen molar-refractivity contribution in [3.63, 3.8) is 0 Å². The topological polar surface area (TPSA) is 52.9 Å². The number of carbonyl (C=O) groups is 1. The smallest absolute Gasteiger partial charge is 0.241 e. The first-order chi connectivity index (χ1) is 7.04. The molecule has 0 fully saturated rings. The molecular weight excluding hydrogens is 195 g/mol. The number of aryl methyl sites for hydroxylation is 1. The number of rotatable bonds is 2. The number of nitriles is 1. The van der Waals surface area contributed by atoms with Crippen LogP contribution < -0.4 is 5.32 Å². The number of nitrogens with zero attached hydrogens (tertiary/aromatic N) is 1. The van der Waals surface area contributed by atoms with Crippen molar-refractivity contribution in [2.75, 3.05) is 5.32 Å². The van der Waals surface area contributed by atoms with Gasteiger partial charge in [-0.15, -0.1) is 0 Å². The van der Waals surface area contributed by atoms with E-state index in [1.807, 2.05) is 6.07 Å². The molecule has 0 aliphatic heterocycles. The normalized spacial score (nSPS) is 11.6. The van der Waals surface area contributed by atoms with Crippen molar-refractivity contribution in [1.82, 2.24) is 0 Å². The lowest BCUT2D eigenvalue weighted by Gasteiger charge is -2.08. The third kappa shape index (κ3) is 2.78. The molecule has 1 atom stereocenters. The largest absolute Gasteiger partial charge is 0.325 e. The zero-order valence-corrected chi connectivity index (χ0v) is 8.54. The van der Waals surface area contributed by atoms with Crippen molar-refractivity contribution < 1.29 is 9.18 Å². The van der Waals surface area contributed by atoms with Gasteiger partial charge in [0.25, 0.3) is 0 Å². The second-order valence-corrected chi connectivity index (χ2v) is 3.30. The Hall–Kier alpha value is -1.89. The van der Waals surface area contributed by atoms with Crippen LogP contribution in [0.2, 0.25) is 0 Å². The Kier molecular flexibility index (Phi) is 3.40. The number of benzene rings is 1. The van der Waals surface area contributed by atoms with Gasteiger partial charge < -0.3 is 5.32 Å². The van der Waals surface area contributed by atoms with Crippen LogP contribution in [0.1, 0.15) is 12.5 Å². The maximum Gasteiger partial charge on any atom is 0.241 e. The van der Waals surface area contributed by atoms with Crippen LogP contribution in [0.15, 0.2) is 18.2 Å². The molecule has 0 spiro atoms. The van der Waals surface area contributed by atoms with Crippen molar-refractivity contribution in [2.24, 2.45) is 5.92 Å². The van der Waals surface area contributed by atoms with Gasteiger partial charge in [0.15, 0.2) is 0 Å². The monoisotopic (exact) mass is 206 g/mol. The highest BCUT2D eigenvalue weighted by atomic mass is 19.1. The summed E-state index contributed by atoms with van der Waals surface area (Å²) in [6.07, 6.45) is 0. The molecular formula is C11H11FN2O. The van der Waals surface area contributed by atoms with Crippen LogP contribution in [0.3, 0.4) is 0 Å². The van der Waals surface area contributed by atoms with Gasteiger partial charge in [-0.25, -0.2) is 4.39 Å². The highest BCUT2D eigenvalue weighted by molar-refractivity contribution is 5.94. The highest BCUT2D eigenvalue weighted by Gasteiger charge is 2.12. The van der Waals surface area contributed by atoms with Crippen LogP contribution in [0.25, 0.3) is 0 Å². The van der Waals surface area contributed by atoms with E-state index in [0.717, 1.165) is 5.56 Å². The van der Waals surface area contributed by atoms with Crippen molar-refractivity contribution >= 4 is 11.6 Å². The van der Waals surface area contributed by atoms with Gasteiger partial charge in [-0.1, -0.05) is 6.07 Å². The molecule has 0 aliphatic rings. The van der Waals surface area contributed by atoms with Gasteiger partial charge in [0.1, 0.15) is 11.7 Å². The van der Waals surface area contributed by atoms with Gasteiger partial charge in [-0.2, -0.15) is 5.26 Å². The fourth-order valence-corrected chi connectivity index (χ4v) is 1.03. The Bertz CT molecular complexity index is 423. The zero-order valence-electron chi connectivity index (χ0n) is 8.54. The van der Waals surface area contributed by atoms with E-state index in [2.05, 4.69) is 5.32 Å². The minimum Gasteiger partial charge on any atom is -0.325 e. The summed E-state index contributed by atoms with van der Waals surface area (Å²) in [7, 11) is 0. The van der Waals surface area contributed by atoms with Gasteiger partial charge in [0, 0.05) is 5.69 Å². The maximum atomic E-state index is 12.9. The van der Waals surface area contributed by atoms with E-state index in [1.54, 1.807) is 13.0 Å². The molecule has 1 unspecified atom stereocenters. The lowest BCUT2D eigenvalue weighted by atomic mass is 10.1. The fourth-order valence-electron chi connectivity index (χ4n) is 1.03. The first-order valence-corrected chi connectivity index (χ1v) is 4.51. The lowest BCUT2D eigenvalue weighted by molar-refractivity contribution is -0.117. The van der Waals surface area contributed by atoms with Gasteiger partial charge >= 0.3 is 0 Å². The quantitative estimate of drug-likeness (QED) is 0.806. The summed E-state index contributed by atoms with van der Waals surface area (Å²) in [5.74, 6) is -1.58. The second kappa shape index (κ2) is 4.56. The van der Waals surface area contributed by atoms with Crippen LogP contribution in [-0.4, -0.2) is 5.91 Å². The van der Waals surface area contributed by atoms with Crippen molar-refractivity contribution in [3.05, 3.63) is 29.6 Å². The van der Waals surface area contributed by atoms with Crippen molar-refractivity contribution in [2.45, 2.75) is 13.8 Å². The molecule has 1 N–H and O–H groups in total. The molecule has 78 valence electrons. The molecule has 0 heterocycles. The summed E-state index contributed by atoms with van der Waals surface area (Å²) >= 11 is 0. The Morgan fingerprint density at radius 2 is 2.27 bits per heavy atom. The van der Waals surface area contributed by atoms with Gasteiger partial charge in [0.05, 0.1) is 6.07 Å². The number of anilines is 1. The number of carbonyl (C=O) groups excluding carboxylic acids is 1. The fraction of sp³-hybridized carbons (Fsp3) is 0.273. The molecule has 0 saturated heterocycles. The first-order valence-electron chi connectivity index (χ1n) is 4.51. The average molecular weight is 206 g/mol. The summed E-state index contributed by atoms with van der Waals surface area (Å²) in [5, 5.41) is 11.0. The Balaban J connectivity index is 2.86. The minimum atomic E-state index is -0.743. The Labute approximate surface area is 87.5 Å². The minimum absolute atomic E-state index is 0.405.